The molecule has 178 valence electrons. The molecule has 0 amide bonds. The summed E-state index contributed by atoms with van der Waals surface area (Å²) in [6, 6.07) is 30.6. The van der Waals surface area contributed by atoms with Crippen molar-refractivity contribution in [2.75, 3.05) is 18.5 Å². The molecule has 0 heterocycles. The van der Waals surface area contributed by atoms with Crippen LogP contribution in [0.25, 0.3) is 0 Å². The first-order valence-electron chi connectivity index (χ1n) is 11.0. The molecule has 0 unspecified atom stereocenters. The molecular weight excluding hydrogens is 460 g/mol. The minimum absolute atomic E-state index is 0.215. The Bertz CT molecular complexity index is 1390. The predicted molar refractivity (Wildman–Crippen MR) is 139 cm³/mol. The molecule has 0 aliphatic rings. The fraction of sp³-hybridized carbons (Fsp3) is 0.107. The fourth-order valence-corrected chi connectivity index (χ4v) is 5.04. The molecule has 0 radical (unpaired) electrons. The van der Waals surface area contributed by atoms with Gasteiger partial charge in [-0.15, -0.1) is 0 Å². The lowest BCUT2D eigenvalue weighted by Crippen LogP contribution is -2.30. The lowest BCUT2D eigenvalue weighted by atomic mass is 10.2. The van der Waals surface area contributed by atoms with E-state index < -0.39 is 10.0 Å². The van der Waals surface area contributed by atoms with E-state index in [2.05, 4.69) is 4.99 Å². The predicted octanol–water partition coefficient (Wildman–Crippen LogP) is 5.85. The van der Waals surface area contributed by atoms with Crippen LogP contribution >= 0.6 is 0 Å². The van der Waals surface area contributed by atoms with Gasteiger partial charge >= 0.3 is 0 Å². The van der Waals surface area contributed by atoms with Gasteiger partial charge in [-0.25, -0.2) is 8.42 Å². The van der Waals surface area contributed by atoms with Crippen molar-refractivity contribution < 1.29 is 17.9 Å². The van der Waals surface area contributed by atoms with Crippen LogP contribution in [0, 0.1) is 0 Å². The summed E-state index contributed by atoms with van der Waals surface area (Å²) in [5, 5.41) is 0. The highest BCUT2D eigenvalue weighted by Gasteiger charge is 2.25. The average molecular weight is 487 g/mol. The number of hydrogen-bond acceptors (Lipinski definition) is 5. The monoisotopic (exact) mass is 486 g/mol. The Balaban J connectivity index is 1.62. The summed E-state index contributed by atoms with van der Waals surface area (Å²) < 4.78 is 39.1. The van der Waals surface area contributed by atoms with Crippen molar-refractivity contribution in [3.05, 3.63) is 114 Å². The minimum Gasteiger partial charge on any atom is -0.493 e. The number of benzene rings is 4. The zero-order valence-corrected chi connectivity index (χ0v) is 20.4. The second kappa shape index (κ2) is 10.9. The third-order valence-corrected chi connectivity index (χ3v) is 7.20. The molecule has 0 atom stereocenters. The maximum atomic E-state index is 13.5. The molecule has 4 aromatic rings. The van der Waals surface area contributed by atoms with Gasteiger partial charge in [0.1, 0.15) is 0 Å². The van der Waals surface area contributed by atoms with E-state index in [4.69, 9.17) is 9.47 Å². The minimum atomic E-state index is -3.77. The summed E-state index contributed by atoms with van der Waals surface area (Å²) in [7, 11) is -0.591. The van der Waals surface area contributed by atoms with E-state index in [-0.39, 0.29) is 11.4 Å². The van der Waals surface area contributed by atoms with E-state index >= 15 is 0 Å². The van der Waals surface area contributed by atoms with Crippen molar-refractivity contribution in [1.29, 1.82) is 0 Å². The maximum Gasteiger partial charge on any atom is 0.264 e. The number of methoxy groups -OCH3 is 2. The van der Waals surface area contributed by atoms with Gasteiger partial charge in [0.2, 0.25) is 0 Å². The molecule has 0 fully saturated rings. The van der Waals surface area contributed by atoms with Crippen molar-refractivity contribution in [2.24, 2.45) is 4.99 Å². The standard InChI is InChI=1S/C28H26N2O4S/c1-33-27-18-13-23(19-28(27)34-2)20-29-24-14-16-25(17-15-24)30(21-22-9-5-3-6-10-22)35(31,32)26-11-7-4-8-12-26/h3-20H,21H2,1-2H3. The van der Waals surface area contributed by atoms with E-state index in [0.29, 0.717) is 22.9 Å². The zero-order chi connectivity index (χ0) is 24.7. The Morgan fingerprint density at radius 3 is 2.03 bits per heavy atom. The van der Waals surface area contributed by atoms with Crippen molar-refractivity contribution in [3.8, 4) is 11.5 Å². The lowest BCUT2D eigenvalue weighted by Gasteiger charge is -2.25. The summed E-state index contributed by atoms with van der Waals surface area (Å²) in [5.41, 5.74) is 3.00. The van der Waals surface area contributed by atoms with Crippen LogP contribution in [0.15, 0.2) is 113 Å². The number of rotatable bonds is 9. The highest BCUT2D eigenvalue weighted by Crippen LogP contribution is 2.29. The molecule has 35 heavy (non-hydrogen) atoms. The third-order valence-electron chi connectivity index (χ3n) is 5.41. The molecule has 7 heteroatoms. The number of sulfonamides is 1. The first-order valence-corrected chi connectivity index (χ1v) is 12.4. The summed E-state index contributed by atoms with van der Waals surface area (Å²) in [6.45, 7) is 0.215. The van der Waals surface area contributed by atoms with Crippen molar-refractivity contribution in [1.82, 2.24) is 0 Å². The summed E-state index contributed by atoms with van der Waals surface area (Å²) in [5.74, 6) is 1.27. The van der Waals surface area contributed by atoms with Gasteiger partial charge in [-0.1, -0.05) is 48.5 Å². The van der Waals surface area contributed by atoms with Gasteiger partial charge in [-0.05, 0) is 65.7 Å². The Morgan fingerprint density at radius 1 is 0.771 bits per heavy atom. The number of ether oxygens (including phenoxy) is 2. The molecule has 0 N–H and O–H groups in total. The van der Waals surface area contributed by atoms with Crippen LogP contribution in [0.2, 0.25) is 0 Å². The average Bonchev–Trinajstić information content (AvgIpc) is 2.91. The Labute approximate surface area is 206 Å². The van der Waals surface area contributed by atoms with Gasteiger partial charge < -0.3 is 9.47 Å². The Morgan fingerprint density at radius 2 is 1.40 bits per heavy atom. The Hall–Kier alpha value is -4.10. The Kier molecular flexibility index (Phi) is 7.48. The molecule has 0 saturated carbocycles. The van der Waals surface area contributed by atoms with Crippen LogP contribution in [0.4, 0.5) is 11.4 Å². The summed E-state index contributed by atoms with van der Waals surface area (Å²) in [4.78, 5) is 4.76. The summed E-state index contributed by atoms with van der Waals surface area (Å²) >= 11 is 0. The molecule has 4 aromatic carbocycles. The van der Waals surface area contributed by atoms with Gasteiger partial charge in [-0.3, -0.25) is 9.30 Å². The number of hydrogen-bond donors (Lipinski definition) is 0. The van der Waals surface area contributed by atoms with Gasteiger partial charge in [0.25, 0.3) is 10.0 Å². The van der Waals surface area contributed by atoms with E-state index in [1.165, 1.54) is 4.31 Å². The molecular formula is C28H26N2O4S. The smallest absolute Gasteiger partial charge is 0.264 e. The van der Waals surface area contributed by atoms with E-state index in [0.717, 1.165) is 11.1 Å². The van der Waals surface area contributed by atoms with Gasteiger partial charge in [-0.2, -0.15) is 0 Å². The number of anilines is 1. The quantitative estimate of drug-likeness (QED) is 0.278. The maximum absolute atomic E-state index is 13.5. The molecule has 0 aliphatic carbocycles. The van der Waals surface area contributed by atoms with E-state index in [9.17, 15) is 8.42 Å². The second-order valence-electron chi connectivity index (χ2n) is 7.70. The highest BCUT2D eigenvalue weighted by atomic mass is 32.2. The topological polar surface area (TPSA) is 68.2 Å². The molecule has 0 bridgehead atoms. The number of aliphatic imine (C=N–C) groups is 1. The van der Waals surface area contributed by atoms with Crippen LogP contribution in [-0.2, 0) is 16.6 Å². The van der Waals surface area contributed by atoms with Crippen LogP contribution in [0.3, 0.4) is 0 Å². The van der Waals surface area contributed by atoms with Gasteiger partial charge in [0.05, 0.1) is 37.0 Å². The third kappa shape index (κ3) is 5.70. The molecule has 4 rings (SSSR count). The SMILES string of the molecule is COc1ccc(C=Nc2ccc(N(Cc3ccccc3)S(=O)(=O)c3ccccc3)cc2)cc1OC. The van der Waals surface area contributed by atoms with E-state index in [1.807, 2.05) is 48.5 Å². The van der Waals surface area contributed by atoms with Crippen molar-refractivity contribution in [2.45, 2.75) is 11.4 Å². The number of nitrogens with zero attached hydrogens (tertiary/aromatic N) is 2. The summed E-state index contributed by atoms with van der Waals surface area (Å²) in [6.07, 6.45) is 1.72. The molecule has 0 aliphatic heterocycles. The first kappa shape index (κ1) is 24.0. The van der Waals surface area contributed by atoms with Crippen LogP contribution in [0.1, 0.15) is 11.1 Å². The van der Waals surface area contributed by atoms with Crippen molar-refractivity contribution >= 4 is 27.6 Å². The lowest BCUT2D eigenvalue weighted by molar-refractivity contribution is 0.355. The van der Waals surface area contributed by atoms with Crippen LogP contribution < -0.4 is 13.8 Å². The van der Waals surface area contributed by atoms with Gasteiger partial charge in [0.15, 0.2) is 11.5 Å². The van der Waals surface area contributed by atoms with E-state index in [1.54, 1.807) is 75.0 Å². The molecule has 0 saturated heterocycles. The highest BCUT2D eigenvalue weighted by molar-refractivity contribution is 7.92. The zero-order valence-electron chi connectivity index (χ0n) is 19.5. The second-order valence-corrected chi connectivity index (χ2v) is 9.56. The van der Waals surface area contributed by atoms with Gasteiger partial charge in [0, 0.05) is 6.21 Å². The fourth-order valence-electron chi connectivity index (χ4n) is 3.57. The normalized spacial score (nSPS) is 11.4. The van der Waals surface area contributed by atoms with Crippen LogP contribution in [0.5, 0.6) is 11.5 Å². The largest absolute Gasteiger partial charge is 0.493 e. The van der Waals surface area contributed by atoms with Crippen LogP contribution in [-0.4, -0.2) is 28.9 Å². The van der Waals surface area contributed by atoms with Crippen molar-refractivity contribution in [3.63, 3.8) is 0 Å². The molecule has 6 nitrogen and oxygen atoms in total. The molecule has 0 spiro atoms. The molecule has 0 aromatic heterocycles. The first-order chi connectivity index (χ1) is 17.0.